The molecule has 0 aliphatic heterocycles. The van der Waals surface area contributed by atoms with Crippen LogP contribution in [0.5, 0.6) is 0 Å². The molecule has 0 amide bonds. The normalized spacial score (nSPS) is 13.2. The smallest absolute Gasteiger partial charge is 0.285 e. The summed E-state index contributed by atoms with van der Waals surface area (Å²) in [5.74, 6) is 1.52. The van der Waals surface area contributed by atoms with E-state index in [0.717, 1.165) is 32.0 Å². The number of carbonyl (C=O) groups is 1. The van der Waals surface area contributed by atoms with E-state index in [-0.39, 0.29) is 0 Å². The molecule has 25 heavy (non-hydrogen) atoms. The number of anilines is 1. The molecule has 0 aliphatic carbocycles. The molecule has 2 heterocycles. The highest BCUT2D eigenvalue weighted by atomic mass is 16.5. The first-order valence-corrected chi connectivity index (χ1v) is 8.39. The zero-order chi connectivity index (χ0) is 18.1. The quantitative estimate of drug-likeness (QED) is 0.306. The van der Waals surface area contributed by atoms with E-state index in [1.807, 2.05) is 19.0 Å². The standard InChI is InChI=1S/C17H25N6O2/c1-22(2)15-12-21-17(14-20-15)23(25,16-13-18-8-9-19-16)10-6-4-3-5-7-11-24/h8-9,11-14,25H,3-7,10H2,1-2H3/q+1. The van der Waals surface area contributed by atoms with Crippen molar-refractivity contribution in [3.8, 4) is 0 Å². The minimum atomic E-state index is -0.539. The summed E-state index contributed by atoms with van der Waals surface area (Å²) in [4.78, 5) is 29.2. The van der Waals surface area contributed by atoms with Gasteiger partial charge < -0.3 is 9.69 Å². The van der Waals surface area contributed by atoms with Crippen LogP contribution in [0.1, 0.15) is 32.1 Å². The molecule has 2 rings (SSSR count). The van der Waals surface area contributed by atoms with Gasteiger partial charge in [0.15, 0.2) is 0 Å². The van der Waals surface area contributed by atoms with Gasteiger partial charge in [-0.3, -0.25) is 4.98 Å². The van der Waals surface area contributed by atoms with Crippen LogP contribution in [-0.4, -0.2) is 52.1 Å². The van der Waals surface area contributed by atoms with Crippen LogP contribution < -0.4 is 9.55 Å². The van der Waals surface area contributed by atoms with Gasteiger partial charge in [-0.2, -0.15) is 9.97 Å². The van der Waals surface area contributed by atoms with E-state index in [9.17, 15) is 10.0 Å². The minimum absolute atomic E-state index is 0.402. The van der Waals surface area contributed by atoms with Crippen LogP contribution in [0.4, 0.5) is 17.5 Å². The van der Waals surface area contributed by atoms with Crippen LogP contribution in [0, 0.1) is 0 Å². The maximum atomic E-state index is 11.2. The average Bonchev–Trinajstić information content (AvgIpc) is 2.65. The third-order valence-corrected chi connectivity index (χ3v) is 3.94. The van der Waals surface area contributed by atoms with Gasteiger partial charge in [0.2, 0.25) is 0 Å². The molecular formula is C17H25N6O2+. The van der Waals surface area contributed by atoms with Crippen molar-refractivity contribution in [1.29, 1.82) is 0 Å². The van der Waals surface area contributed by atoms with Gasteiger partial charge in [-0.15, -0.1) is 0 Å². The van der Waals surface area contributed by atoms with Gasteiger partial charge in [-0.05, 0) is 12.8 Å². The molecule has 0 aliphatic rings. The van der Waals surface area contributed by atoms with Crippen LogP contribution >= 0.6 is 0 Å². The first-order valence-electron chi connectivity index (χ1n) is 8.39. The Kier molecular flexibility index (Phi) is 6.91. The summed E-state index contributed by atoms with van der Waals surface area (Å²) in [6.45, 7) is 0.412. The van der Waals surface area contributed by atoms with Gasteiger partial charge in [0.05, 0.1) is 12.4 Å². The van der Waals surface area contributed by atoms with Crippen molar-refractivity contribution in [2.24, 2.45) is 0 Å². The largest absolute Gasteiger partial charge is 0.361 e. The summed E-state index contributed by atoms with van der Waals surface area (Å²) in [5.41, 5.74) is 0. The fourth-order valence-electron chi connectivity index (χ4n) is 2.49. The number of rotatable bonds is 10. The Morgan fingerprint density at radius 1 is 1.00 bits per heavy atom. The molecule has 0 saturated carbocycles. The summed E-state index contributed by atoms with van der Waals surface area (Å²) >= 11 is 0. The van der Waals surface area contributed by atoms with Crippen LogP contribution in [0.25, 0.3) is 0 Å². The summed E-state index contributed by atoms with van der Waals surface area (Å²) in [6.07, 6.45) is 12.9. The summed E-state index contributed by atoms with van der Waals surface area (Å²) in [7, 11) is 3.76. The van der Waals surface area contributed by atoms with Crippen molar-refractivity contribution in [1.82, 2.24) is 24.6 Å². The maximum Gasteiger partial charge on any atom is 0.285 e. The third kappa shape index (κ3) is 5.01. The molecule has 2 aromatic rings. The molecule has 0 saturated heterocycles. The Balaban J connectivity index is 2.16. The van der Waals surface area contributed by atoms with E-state index in [4.69, 9.17) is 0 Å². The van der Waals surface area contributed by atoms with Gasteiger partial charge in [-0.1, -0.05) is 11.1 Å². The summed E-state index contributed by atoms with van der Waals surface area (Å²) in [6, 6.07) is 0. The number of quaternary nitrogens is 1. The van der Waals surface area contributed by atoms with Crippen LogP contribution in [0.15, 0.2) is 31.0 Å². The SMILES string of the molecule is CN(C)c1cnc([N+](O)(CCCCCCC=O)c2cnccn2)cn1. The van der Waals surface area contributed by atoms with Crippen molar-refractivity contribution in [3.63, 3.8) is 0 Å². The van der Waals surface area contributed by atoms with Gasteiger partial charge >= 0.3 is 0 Å². The Bertz CT molecular complexity index is 650. The fraction of sp³-hybridized carbons (Fsp3) is 0.471. The molecule has 1 atom stereocenters. The zero-order valence-electron chi connectivity index (χ0n) is 14.7. The first kappa shape index (κ1) is 18.9. The summed E-state index contributed by atoms with van der Waals surface area (Å²) < 4.78 is -0.539. The van der Waals surface area contributed by atoms with Crippen molar-refractivity contribution >= 4 is 23.7 Å². The molecular weight excluding hydrogens is 320 g/mol. The highest BCUT2D eigenvalue weighted by molar-refractivity contribution is 5.49. The highest BCUT2D eigenvalue weighted by Crippen LogP contribution is 2.29. The third-order valence-electron chi connectivity index (χ3n) is 3.94. The Labute approximate surface area is 147 Å². The number of aldehydes is 1. The Hall–Kier alpha value is -2.45. The zero-order valence-corrected chi connectivity index (χ0v) is 14.7. The predicted molar refractivity (Wildman–Crippen MR) is 95.6 cm³/mol. The lowest BCUT2D eigenvalue weighted by Crippen LogP contribution is -2.43. The van der Waals surface area contributed by atoms with E-state index in [0.29, 0.717) is 30.4 Å². The minimum Gasteiger partial charge on any atom is -0.361 e. The van der Waals surface area contributed by atoms with Crippen molar-refractivity contribution in [2.45, 2.75) is 32.1 Å². The van der Waals surface area contributed by atoms with Crippen LogP contribution in [-0.2, 0) is 4.79 Å². The van der Waals surface area contributed by atoms with Crippen molar-refractivity contribution in [2.75, 3.05) is 25.5 Å². The first-order chi connectivity index (χ1) is 12.1. The molecule has 134 valence electrons. The molecule has 0 spiro atoms. The number of unbranched alkanes of at least 4 members (excludes halogenated alkanes) is 4. The van der Waals surface area contributed by atoms with E-state index in [1.165, 1.54) is 6.20 Å². The van der Waals surface area contributed by atoms with Gasteiger partial charge in [0.25, 0.3) is 11.6 Å². The van der Waals surface area contributed by atoms with Crippen LogP contribution in [0.3, 0.4) is 0 Å². The molecule has 0 aromatic carbocycles. The van der Waals surface area contributed by atoms with Gasteiger partial charge in [0, 0.05) is 33.1 Å². The number of carbonyl (C=O) groups excluding carboxylic acids is 1. The average molecular weight is 345 g/mol. The molecule has 8 nitrogen and oxygen atoms in total. The molecule has 1 N–H and O–H groups in total. The fourth-order valence-corrected chi connectivity index (χ4v) is 2.49. The van der Waals surface area contributed by atoms with Crippen LogP contribution in [0.2, 0.25) is 0 Å². The second-order valence-electron chi connectivity index (χ2n) is 6.05. The number of hydroxylamine groups is 1. The topological polar surface area (TPSA) is 92.1 Å². The second kappa shape index (κ2) is 9.14. The molecule has 0 fully saturated rings. The van der Waals surface area contributed by atoms with Crippen molar-refractivity contribution < 1.29 is 10.0 Å². The molecule has 8 heteroatoms. The number of hydrogen-bond acceptors (Lipinski definition) is 7. The summed E-state index contributed by atoms with van der Waals surface area (Å²) in [5, 5.41) is 11.2. The van der Waals surface area contributed by atoms with Crippen molar-refractivity contribution in [3.05, 3.63) is 31.0 Å². The van der Waals surface area contributed by atoms with Gasteiger partial charge in [0.1, 0.15) is 31.0 Å². The second-order valence-corrected chi connectivity index (χ2v) is 6.05. The van der Waals surface area contributed by atoms with E-state index in [2.05, 4.69) is 19.9 Å². The molecule has 0 radical (unpaired) electrons. The van der Waals surface area contributed by atoms with E-state index in [1.54, 1.807) is 24.8 Å². The molecule has 1 unspecified atom stereocenters. The monoisotopic (exact) mass is 345 g/mol. The van der Waals surface area contributed by atoms with E-state index < -0.39 is 4.65 Å². The Morgan fingerprint density at radius 2 is 1.76 bits per heavy atom. The number of nitrogens with zero attached hydrogens (tertiary/aromatic N) is 6. The molecule has 2 aromatic heterocycles. The highest BCUT2D eigenvalue weighted by Gasteiger charge is 2.35. The Morgan fingerprint density at radius 3 is 2.36 bits per heavy atom. The lowest BCUT2D eigenvalue weighted by atomic mass is 10.1. The van der Waals surface area contributed by atoms with E-state index >= 15 is 0 Å². The lowest BCUT2D eigenvalue weighted by Gasteiger charge is -2.26. The molecule has 0 bridgehead atoms. The lowest BCUT2D eigenvalue weighted by molar-refractivity contribution is -0.107. The number of hydrogen-bond donors (Lipinski definition) is 1. The predicted octanol–water partition coefficient (Wildman–Crippen LogP) is 2.51. The number of aromatic nitrogens is 4. The maximum absolute atomic E-state index is 11.2. The van der Waals surface area contributed by atoms with Gasteiger partial charge in [-0.25, -0.2) is 10.2 Å².